The third-order valence-electron chi connectivity index (χ3n) is 4.14. The molecule has 0 radical (unpaired) electrons. The van der Waals surface area contributed by atoms with Crippen LogP contribution in [0.3, 0.4) is 0 Å². The second-order valence-electron chi connectivity index (χ2n) is 5.35. The average molecular weight is 324 g/mol. The summed E-state index contributed by atoms with van der Waals surface area (Å²) >= 11 is 0. The van der Waals surface area contributed by atoms with Gasteiger partial charge in [-0.15, -0.1) is 0 Å². The van der Waals surface area contributed by atoms with Crippen LogP contribution >= 0.6 is 0 Å². The van der Waals surface area contributed by atoms with Gasteiger partial charge in [0.05, 0.1) is 11.5 Å². The molecule has 2 rings (SSSR count). The summed E-state index contributed by atoms with van der Waals surface area (Å²) in [5.41, 5.74) is -0.0762. The maximum Gasteiger partial charge on any atom is 0.353 e. The van der Waals surface area contributed by atoms with Crippen LogP contribution in [0.15, 0.2) is 6.33 Å². The molecule has 0 amide bonds. The minimum Gasteiger partial charge on any atom is -0.395 e. The first kappa shape index (κ1) is 17.4. The van der Waals surface area contributed by atoms with Crippen LogP contribution in [0, 0.1) is 10.1 Å². The SMILES string of the molecule is CCN1CCN(c2ncnc(N(CC)CCO)c2[N+](=O)[O-])CC1. The summed E-state index contributed by atoms with van der Waals surface area (Å²) in [5, 5.41) is 20.8. The van der Waals surface area contributed by atoms with Gasteiger partial charge in [-0.05, 0) is 13.5 Å². The third-order valence-corrected chi connectivity index (χ3v) is 4.14. The average Bonchev–Trinajstić information content (AvgIpc) is 2.59. The fourth-order valence-electron chi connectivity index (χ4n) is 2.80. The van der Waals surface area contributed by atoms with Gasteiger partial charge in [-0.3, -0.25) is 10.1 Å². The van der Waals surface area contributed by atoms with Gasteiger partial charge in [-0.25, -0.2) is 9.97 Å². The number of anilines is 2. The Kier molecular flexibility index (Phi) is 6.05. The highest BCUT2D eigenvalue weighted by Crippen LogP contribution is 2.34. The van der Waals surface area contributed by atoms with Crippen molar-refractivity contribution in [1.82, 2.24) is 14.9 Å². The molecule has 0 spiro atoms. The normalized spacial score (nSPS) is 15.7. The van der Waals surface area contributed by atoms with Gasteiger partial charge in [-0.2, -0.15) is 0 Å². The lowest BCUT2D eigenvalue weighted by Crippen LogP contribution is -2.46. The van der Waals surface area contributed by atoms with Gasteiger partial charge in [0.2, 0.25) is 11.6 Å². The molecule has 23 heavy (non-hydrogen) atoms. The largest absolute Gasteiger partial charge is 0.395 e. The van der Waals surface area contributed by atoms with Crippen LogP contribution in [0.4, 0.5) is 17.3 Å². The smallest absolute Gasteiger partial charge is 0.353 e. The van der Waals surface area contributed by atoms with E-state index in [-0.39, 0.29) is 18.1 Å². The fraction of sp³-hybridized carbons (Fsp3) is 0.714. The van der Waals surface area contributed by atoms with E-state index in [0.717, 1.165) is 19.6 Å². The molecule has 9 nitrogen and oxygen atoms in total. The lowest BCUT2D eigenvalue weighted by Gasteiger charge is -2.34. The Labute approximate surface area is 135 Å². The maximum atomic E-state index is 11.6. The van der Waals surface area contributed by atoms with E-state index in [1.807, 2.05) is 11.8 Å². The Balaban J connectivity index is 2.34. The first-order chi connectivity index (χ1) is 11.1. The molecule has 0 aromatic carbocycles. The summed E-state index contributed by atoms with van der Waals surface area (Å²) in [6.45, 7) is 8.84. The first-order valence-corrected chi connectivity index (χ1v) is 7.94. The number of piperazine rings is 1. The zero-order valence-electron chi connectivity index (χ0n) is 13.7. The molecule has 0 bridgehead atoms. The highest BCUT2D eigenvalue weighted by atomic mass is 16.6. The van der Waals surface area contributed by atoms with Gasteiger partial charge in [0, 0.05) is 39.3 Å². The molecule has 1 aliphatic rings. The summed E-state index contributed by atoms with van der Waals surface area (Å²) in [4.78, 5) is 25.4. The number of hydrogen-bond donors (Lipinski definition) is 1. The van der Waals surface area contributed by atoms with E-state index in [9.17, 15) is 10.1 Å². The monoisotopic (exact) mass is 324 g/mol. The lowest BCUT2D eigenvalue weighted by atomic mass is 10.3. The molecule has 9 heteroatoms. The van der Waals surface area contributed by atoms with Gasteiger partial charge >= 0.3 is 5.69 Å². The molecule has 0 saturated carbocycles. The Morgan fingerprint density at radius 1 is 1.30 bits per heavy atom. The third kappa shape index (κ3) is 3.85. The van der Waals surface area contributed by atoms with E-state index in [1.54, 1.807) is 4.90 Å². The highest BCUT2D eigenvalue weighted by molar-refractivity contribution is 5.71. The highest BCUT2D eigenvalue weighted by Gasteiger charge is 2.30. The van der Waals surface area contributed by atoms with Crippen LogP contribution < -0.4 is 9.80 Å². The van der Waals surface area contributed by atoms with Crippen LogP contribution in [0.1, 0.15) is 13.8 Å². The minimum atomic E-state index is -0.420. The molecular formula is C14H24N6O3. The van der Waals surface area contributed by atoms with E-state index >= 15 is 0 Å². The van der Waals surface area contributed by atoms with Crippen molar-refractivity contribution in [2.24, 2.45) is 0 Å². The number of aliphatic hydroxyl groups excluding tert-OH is 1. The topological polar surface area (TPSA) is 98.9 Å². The zero-order valence-corrected chi connectivity index (χ0v) is 13.7. The van der Waals surface area contributed by atoms with E-state index in [2.05, 4.69) is 21.8 Å². The second kappa shape index (κ2) is 8.02. The minimum absolute atomic E-state index is 0.0762. The molecule has 0 unspecified atom stereocenters. The van der Waals surface area contributed by atoms with Gasteiger partial charge in [0.25, 0.3) is 0 Å². The van der Waals surface area contributed by atoms with Crippen LogP contribution in [0.5, 0.6) is 0 Å². The van der Waals surface area contributed by atoms with Crippen molar-refractivity contribution >= 4 is 17.3 Å². The van der Waals surface area contributed by atoms with Crippen LogP contribution in [-0.2, 0) is 0 Å². The second-order valence-corrected chi connectivity index (χ2v) is 5.35. The Hall–Kier alpha value is -2.00. The van der Waals surface area contributed by atoms with Gasteiger partial charge in [0.15, 0.2) is 0 Å². The molecular weight excluding hydrogens is 300 g/mol. The molecule has 1 aliphatic heterocycles. The Bertz CT molecular complexity index is 533. The van der Waals surface area contributed by atoms with E-state index in [0.29, 0.717) is 32.0 Å². The standard InChI is InChI=1S/C14H24N6O3/c1-3-17-5-7-19(8-6-17)14-12(20(22)23)13(15-11-16-14)18(4-2)9-10-21/h11,21H,3-10H2,1-2H3. The number of aromatic nitrogens is 2. The molecule has 2 heterocycles. The van der Waals surface area contributed by atoms with Crippen molar-refractivity contribution in [2.75, 3.05) is 62.2 Å². The van der Waals surface area contributed by atoms with E-state index in [1.165, 1.54) is 6.33 Å². The van der Waals surface area contributed by atoms with Crippen LogP contribution in [-0.4, -0.2) is 77.3 Å². The molecule has 1 N–H and O–H groups in total. The lowest BCUT2D eigenvalue weighted by molar-refractivity contribution is -0.383. The zero-order chi connectivity index (χ0) is 16.8. The van der Waals surface area contributed by atoms with E-state index in [4.69, 9.17) is 5.11 Å². The van der Waals surface area contributed by atoms with Crippen molar-refractivity contribution in [1.29, 1.82) is 0 Å². The van der Waals surface area contributed by atoms with Crippen molar-refractivity contribution < 1.29 is 10.0 Å². The van der Waals surface area contributed by atoms with Gasteiger partial charge < -0.3 is 19.8 Å². The van der Waals surface area contributed by atoms with E-state index < -0.39 is 4.92 Å². The molecule has 128 valence electrons. The maximum absolute atomic E-state index is 11.6. The van der Waals surface area contributed by atoms with Crippen LogP contribution in [0.25, 0.3) is 0 Å². The Morgan fingerprint density at radius 3 is 2.52 bits per heavy atom. The van der Waals surface area contributed by atoms with Crippen molar-refractivity contribution in [3.05, 3.63) is 16.4 Å². The summed E-state index contributed by atoms with van der Waals surface area (Å²) in [6.07, 6.45) is 1.36. The molecule has 1 aromatic rings. The Morgan fingerprint density at radius 2 is 2.00 bits per heavy atom. The fourth-order valence-corrected chi connectivity index (χ4v) is 2.80. The number of nitrogens with zero attached hydrogens (tertiary/aromatic N) is 6. The number of hydrogen-bond acceptors (Lipinski definition) is 8. The number of aliphatic hydroxyl groups is 1. The molecule has 1 fully saturated rings. The van der Waals surface area contributed by atoms with Gasteiger partial charge in [-0.1, -0.05) is 6.92 Å². The quantitative estimate of drug-likeness (QED) is 0.566. The number of rotatable bonds is 7. The van der Waals surface area contributed by atoms with Crippen LogP contribution in [0.2, 0.25) is 0 Å². The van der Waals surface area contributed by atoms with Gasteiger partial charge in [0.1, 0.15) is 6.33 Å². The predicted molar refractivity (Wildman–Crippen MR) is 88.0 cm³/mol. The number of nitro groups is 1. The van der Waals surface area contributed by atoms with Crippen molar-refractivity contribution in [2.45, 2.75) is 13.8 Å². The first-order valence-electron chi connectivity index (χ1n) is 7.94. The predicted octanol–water partition coefficient (Wildman–Crippen LogP) is 0.345. The van der Waals surface area contributed by atoms with Crippen molar-refractivity contribution in [3.63, 3.8) is 0 Å². The molecule has 1 saturated heterocycles. The number of likely N-dealkylation sites (N-methyl/N-ethyl adjacent to an activating group) is 2. The summed E-state index contributed by atoms with van der Waals surface area (Å²) in [5.74, 6) is 0.640. The summed E-state index contributed by atoms with van der Waals surface area (Å²) in [6, 6.07) is 0. The van der Waals surface area contributed by atoms with Crippen molar-refractivity contribution in [3.8, 4) is 0 Å². The molecule has 1 aromatic heterocycles. The molecule has 0 aliphatic carbocycles. The summed E-state index contributed by atoms with van der Waals surface area (Å²) in [7, 11) is 0. The molecule has 0 atom stereocenters. The summed E-state index contributed by atoms with van der Waals surface area (Å²) < 4.78 is 0.